The van der Waals surface area contributed by atoms with Gasteiger partial charge in [-0.25, -0.2) is 0 Å². The smallest absolute Gasteiger partial charge is 0.301 e. The third kappa shape index (κ3) is 1.49. The van der Waals surface area contributed by atoms with E-state index < -0.39 is 5.37 Å². The summed E-state index contributed by atoms with van der Waals surface area (Å²) < 4.78 is 1.16. The Morgan fingerprint density at radius 1 is 1.43 bits per heavy atom. The van der Waals surface area contributed by atoms with Crippen LogP contribution in [-0.2, 0) is 0 Å². The minimum absolute atomic E-state index is 0.464. The van der Waals surface area contributed by atoms with Gasteiger partial charge in [0, 0.05) is 22.5 Å². The van der Waals surface area contributed by atoms with E-state index in [9.17, 15) is 4.79 Å². The summed E-state index contributed by atoms with van der Waals surface area (Å²) in [7, 11) is 1.67. The number of halogens is 1. The van der Waals surface area contributed by atoms with Crippen molar-refractivity contribution in [3.8, 4) is 0 Å². The van der Waals surface area contributed by atoms with Crippen LogP contribution in [0.15, 0.2) is 29.6 Å². The normalized spacial score (nSPS) is 10.4. The number of fused-ring (bicyclic) bond motifs is 1. The molecule has 0 N–H and O–H groups in total. The molecule has 14 heavy (non-hydrogen) atoms. The van der Waals surface area contributed by atoms with Gasteiger partial charge < -0.3 is 4.90 Å². The third-order valence-electron chi connectivity index (χ3n) is 2.09. The molecule has 0 bridgehead atoms. The molecule has 1 amide bonds. The number of benzene rings is 1. The van der Waals surface area contributed by atoms with Crippen molar-refractivity contribution in [2.24, 2.45) is 0 Å². The Hall–Kier alpha value is -1.06. The van der Waals surface area contributed by atoms with E-state index in [1.54, 1.807) is 18.4 Å². The van der Waals surface area contributed by atoms with Crippen LogP contribution in [0.4, 0.5) is 10.5 Å². The number of carbonyl (C=O) groups is 1. The Morgan fingerprint density at radius 2 is 2.14 bits per heavy atom. The fourth-order valence-corrected chi connectivity index (χ4v) is 2.39. The van der Waals surface area contributed by atoms with Gasteiger partial charge in [-0.2, -0.15) is 0 Å². The standard InChI is InChI=1S/C10H8ClNOS/c1-12(10(11)13)8-6-14-9-5-3-2-4-7(8)9/h2-6H,1H3. The van der Waals surface area contributed by atoms with E-state index in [-0.39, 0.29) is 0 Å². The van der Waals surface area contributed by atoms with E-state index in [1.807, 2.05) is 29.6 Å². The Balaban J connectivity index is 2.58. The van der Waals surface area contributed by atoms with E-state index in [0.717, 1.165) is 15.8 Å². The molecule has 72 valence electrons. The molecule has 2 aromatic rings. The van der Waals surface area contributed by atoms with Gasteiger partial charge >= 0.3 is 5.37 Å². The largest absolute Gasteiger partial charge is 0.320 e. The monoisotopic (exact) mass is 225 g/mol. The summed E-state index contributed by atoms with van der Waals surface area (Å²) in [6.45, 7) is 0. The number of hydrogen-bond donors (Lipinski definition) is 0. The number of hydrogen-bond acceptors (Lipinski definition) is 2. The molecule has 0 fully saturated rings. The average molecular weight is 226 g/mol. The van der Waals surface area contributed by atoms with Crippen LogP contribution < -0.4 is 4.90 Å². The van der Waals surface area contributed by atoms with Gasteiger partial charge in [0.1, 0.15) is 0 Å². The molecular weight excluding hydrogens is 218 g/mol. The lowest BCUT2D eigenvalue weighted by Crippen LogP contribution is -2.18. The molecule has 4 heteroatoms. The third-order valence-corrected chi connectivity index (χ3v) is 3.29. The summed E-state index contributed by atoms with van der Waals surface area (Å²) in [5.41, 5.74) is 0.866. The first kappa shape index (κ1) is 9.49. The van der Waals surface area contributed by atoms with Gasteiger partial charge in [0.2, 0.25) is 0 Å². The van der Waals surface area contributed by atoms with Crippen molar-refractivity contribution in [1.82, 2.24) is 0 Å². The van der Waals surface area contributed by atoms with Crippen LogP contribution >= 0.6 is 22.9 Å². The molecule has 0 saturated heterocycles. The lowest BCUT2D eigenvalue weighted by molar-refractivity contribution is 0.265. The van der Waals surface area contributed by atoms with Gasteiger partial charge in [-0.1, -0.05) is 18.2 Å². The number of anilines is 1. The molecule has 1 aromatic carbocycles. The minimum atomic E-state index is -0.464. The Kier molecular flexibility index (Phi) is 2.44. The quantitative estimate of drug-likeness (QED) is 0.535. The highest BCUT2D eigenvalue weighted by Gasteiger charge is 2.11. The number of nitrogens with zero attached hydrogens (tertiary/aromatic N) is 1. The molecule has 0 spiro atoms. The molecule has 2 nitrogen and oxygen atoms in total. The minimum Gasteiger partial charge on any atom is -0.301 e. The van der Waals surface area contributed by atoms with Gasteiger partial charge in [0.15, 0.2) is 0 Å². The molecule has 2 rings (SSSR count). The molecule has 0 aliphatic rings. The van der Waals surface area contributed by atoms with Crippen LogP contribution in [-0.4, -0.2) is 12.4 Å². The zero-order valence-electron chi connectivity index (χ0n) is 7.53. The topological polar surface area (TPSA) is 20.3 Å². The predicted molar refractivity (Wildman–Crippen MR) is 61.5 cm³/mol. The highest BCUT2D eigenvalue weighted by atomic mass is 35.5. The predicted octanol–water partition coefficient (Wildman–Crippen LogP) is 3.70. The van der Waals surface area contributed by atoms with E-state index in [4.69, 9.17) is 11.6 Å². The SMILES string of the molecule is CN(C(=O)Cl)c1csc2ccccc12. The molecule has 0 unspecified atom stereocenters. The van der Waals surface area contributed by atoms with Crippen molar-refractivity contribution in [3.63, 3.8) is 0 Å². The van der Waals surface area contributed by atoms with Crippen molar-refractivity contribution in [2.75, 3.05) is 11.9 Å². The Morgan fingerprint density at radius 3 is 2.86 bits per heavy atom. The highest BCUT2D eigenvalue weighted by Crippen LogP contribution is 2.32. The van der Waals surface area contributed by atoms with E-state index in [1.165, 1.54) is 4.90 Å². The molecular formula is C10H8ClNOS. The zero-order chi connectivity index (χ0) is 10.1. The summed E-state index contributed by atoms with van der Waals surface area (Å²) in [5, 5.41) is 2.54. The van der Waals surface area contributed by atoms with Crippen molar-refractivity contribution in [2.45, 2.75) is 0 Å². The first-order valence-electron chi connectivity index (χ1n) is 4.09. The first-order valence-corrected chi connectivity index (χ1v) is 5.35. The summed E-state index contributed by atoms with van der Waals surface area (Å²) in [5.74, 6) is 0. The first-order chi connectivity index (χ1) is 6.70. The summed E-state index contributed by atoms with van der Waals surface area (Å²) >= 11 is 7.02. The maximum Gasteiger partial charge on any atom is 0.320 e. The van der Waals surface area contributed by atoms with Crippen LogP contribution in [0.5, 0.6) is 0 Å². The highest BCUT2D eigenvalue weighted by molar-refractivity contribution is 7.17. The lowest BCUT2D eigenvalue weighted by atomic mass is 10.2. The van der Waals surface area contributed by atoms with Crippen molar-refractivity contribution in [1.29, 1.82) is 0 Å². The molecule has 0 aliphatic heterocycles. The van der Waals surface area contributed by atoms with Crippen LogP contribution in [0.3, 0.4) is 0 Å². The van der Waals surface area contributed by atoms with Gasteiger partial charge in [-0.05, 0) is 17.7 Å². The molecule has 0 aliphatic carbocycles. The molecule has 0 radical (unpaired) electrons. The summed E-state index contributed by atoms with van der Waals surface area (Å²) in [6.07, 6.45) is 0. The fourth-order valence-electron chi connectivity index (χ4n) is 1.32. The Labute approximate surface area is 90.7 Å². The average Bonchev–Trinajstić information content (AvgIpc) is 2.60. The van der Waals surface area contributed by atoms with E-state index in [2.05, 4.69) is 0 Å². The maximum atomic E-state index is 11.0. The number of rotatable bonds is 1. The second-order valence-corrected chi connectivity index (χ2v) is 4.16. The van der Waals surface area contributed by atoms with Crippen molar-refractivity contribution in [3.05, 3.63) is 29.6 Å². The van der Waals surface area contributed by atoms with Crippen LogP contribution in [0, 0.1) is 0 Å². The van der Waals surface area contributed by atoms with Crippen molar-refractivity contribution < 1.29 is 4.79 Å². The molecule has 0 saturated carbocycles. The maximum absolute atomic E-state index is 11.0. The second-order valence-electron chi connectivity index (χ2n) is 2.93. The molecule has 1 heterocycles. The van der Waals surface area contributed by atoms with Gasteiger partial charge in [0.25, 0.3) is 0 Å². The number of carbonyl (C=O) groups excluding carboxylic acids is 1. The lowest BCUT2D eigenvalue weighted by Gasteiger charge is -2.11. The summed E-state index contributed by atoms with van der Waals surface area (Å²) in [6, 6.07) is 7.93. The number of thiophene rings is 1. The fraction of sp³-hybridized carbons (Fsp3) is 0.100. The summed E-state index contributed by atoms with van der Waals surface area (Å²) in [4.78, 5) is 12.4. The zero-order valence-corrected chi connectivity index (χ0v) is 9.10. The van der Waals surface area contributed by atoms with Gasteiger partial charge in [-0.3, -0.25) is 4.79 Å². The van der Waals surface area contributed by atoms with Crippen LogP contribution in [0.25, 0.3) is 10.1 Å². The number of amides is 1. The van der Waals surface area contributed by atoms with Crippen molar-refractivity contribution >= 4 is 44.1 Å². The van der Waals surface area contributed by atoms with E-state index in [0.29, 0.717) is 0 Å². The van der Waals surface area contributed by atoms with Crippen LogP contribution in [0.1, 0.15) is 0 Å². The van der Waals surface area contributed by atoms with Gasteiger partial charge in [-0.15, -0.1) is 11.3 Å². The molecule has 1 aromatic heterocycles. The second kappa shape index (κ2) is 3.59. The van der Waals surface area contributed by atoms with Crippen LogP contribution in [0.2, 0.25) is 0 Å². The van der Waals surface area contributed by atoms with E-state index >= 15 is 0 Å². The van der Waals surface area contributed by atoms with Gasteiger partial charge in [0.05, 0.1) is 5.69 Å². The molecule has 0 atom stereocenters. The Bertz CT molecular complexity index is 480.